The molecule has 0 aliphatic heterocycles. The Kier molecular flexibility index (Phi) is 5.27. The molecule has 1 aromatic carbocycles. The normalized spacial score (nSPS) is 10.8. The zero-order valence-electron chi connectivity index (χ0n) is 12.0. The van der Waals surface area contributed by atoms with Gasteiger partial charge in [-0.25, -0.2) is 0 Å². The first-order valence-corrected chi connectivity index (χ1v) is 8.37. The molecule has 0 unspecified atom stereocenters. The maximum Gasteiger partial charge on any atom is 0.0767 e. The molecule has 0 saturated heterocycles. The van der Waals surface area contributed by atoms with Gasteiger partial charge in [-0.05, 0) is 52.5 Å². The standard InChI is InChI=1S/C15H19Br2N3/c1-4-10-8-11(16)6-7-13(10)18-9-14-15(17)12(5-2)19-20(14)3/h6-8,18H,4-5,9H2,1-3H3. The van der Waals surface area contributed by atoms with E-state index in [-0.39, 0.29) is 0 Å². The third-order valence-corrected chi connectivity index (χ3v) is 4.81. The van der Waals surface area contributed by atoms with E-state index >= 15 is 0 Å². The Balaban J connectivity index is 2.19. The van der Waals surface area contributed by atoms with E-state index in [1.165, 1.54) is 16.9 Å². The van der Waals surface area contributed by atoms with Crippen LogP contribution in [0, 0.1) is 0 Å². The molecule has 20 heavy (non-hydrogen) atoms. The summed E-state index contributed by atoms with van der Waals surface area (Å²) in [6, 6.07) is 6.35. The predicted octanol–water partition coefficient (Wildman–Crippen LogP) is 4.68. The molecule has 108 valence electrons. The number of aromatic nitrogens is 2. The van der Waals surface area contributed by atoms with Crippen LogP contribution < -0.4 is 5.32 Å². The first-order chi connectivity index (χ1) is 9.56. The average molecular weight is 401 g/mol. The van der Waals surface area contributed by atoms with Gasteiger partial charge in [-0.1, -0.05) is 29.8 Å². The second-order valence-electron chi connectivity index (χ2n) is 4.69. The number of benzene rings is 1. The average Bonchev–Trinajstić information content (AvgIpc) is 2.72. The lowest BCUT2D eigenvalue weighted by atomic mass is 10.1. The van der Waals surface area contributed by atoms with Crippen molar-refractivity contribution in [3.63, 3.8) is 0 Å². The molecule has 0 fully saturated rings. The van der Waals surface area contributed by atoms with Crippen LogP contribution in [0.5, 0.6) is 0 Å². The third kappa shape index (κ3) is 3.26. The highest BCUT2D eigenvalue weighted by atomic mass is 79.9. The number of halogens is 2. The summed E-state index contributed by atoms with van der Waals surface area (Å²) < 4.78 is 4.18. The van der Waals surface area contributed by atoms with Crippen molar-refractivity contribution >= 4 is 37.5 Å². The molecule has 0 radical (unpaired) electrons. The highest BCUT2D eigenvalue weighted by Crippen LogP contribution is 2.25. The Labute approximate surface area is 137 Å². The SMILES string of the molecule is CCc1cc(Br)ccc1NCc1c(Br)c(CC)nn1C. The quantitative estimate of drug-likeness (QED) is 0.789. The van der Waals surface area contributed by atoms with Crippen LogP contribution in [0.25, 0.3) is 0 Å². The number of hydrogen-bond acceptors (Lipinski definition) is 2. The molecule has 0 amide bonds. The van der Waals surface area contributed by atoms with E-state index < -0.39 is 0 Å². The Morgan fingerprint density at radius 1 is 1.20 bits per heavy atom. The second kappa shape index (κ2) is 6.76. The van der Waals surface area contributed by atoms with Gasteiger partial charge >= 0.3 is 0 Å². The summed E-state index contributed by atoms with van der Waals surface area (Å²) in [7, 11) is 1.99. The first-order valence-electron chi connectivity index (χ1n) is 6.79. The minimum atomic E-state index is 0.763. The smallest absolute Gasteiger partial charge is 0.0767 e. The second-order valence-corrected chi connectivity index (χ2v) is 6.40. The van der Waals surface area contributed by atoms with Crippen LogP contribution in [0.2, 0.25) is 0 Å². The van der Waals surface area contributed by atoms with Gasteiger partial charge in [0.15, 0.2) is 0 Å². The maximum atomic E-state index is 4.52. The zero-order chi connectivity index (χ0) is 14.7. The van der Waals surface area contributed by atoms with Crippen LogP contribution in [0.4, 0.5) is 5.69 Å². The summed E-state index contributed by atoms with van der Waals surface area (Å²) in [6.07, 6.45) is 1.95. The van der Waals surface area contributed by atoms with E-state index in [9.17, 15) is 0 Å². The monoisotopic (exact) mass is 399 g/mol. The fraction of sp³-hybridized carbons (Fsp3) is 0.400. The van der Waals surface area contributed by atoms with Gasteiger partial charge in [0.2, 0.25) is 0 Å². The van der Waals surface area contributed by atoms with Gasteiger partial charge in [0.25, 0.3) is 0 Å². The summed E-state index contributed by atoms with van der Waals surface area (Å²) >= 11 is 7.17. The maximum absolute atomic E-state index is 4.52. The van der Waals surface area contributed by atoms with Crippen molar-refractivity contribution in [2.75, 3.05) is 5.32 Å². The fourth-order valence-corrected chi connectivity index (χ4v) is 3.38. The summed E-state index contributed by atoms with van der Waals surface area (Å²) in [5.41, 5.74) is 4.78. The summed E-state index contributed by atoms with van der Waals surface area (Å²) in [5.74, 6) is 0. The molecule has 3 nitrogen and oxygen atoms in total. The van der Waals surface area contributed by atoms with E-state index in [1.54, 1.807) is 0 Å². The number of nitrogens with zero attached hydrogens (tertiary/aromatic N) is 2. The van der Waals surface area contributed by atoms with Gasteiger partial charge in [-0.2, -0.15) is 5.10 Å². The van der Waals surface area contributed by atoms with Crippen molar-refractivity contribution in [2.45, 2.75) is 33.2 Å². The summed E-state index contributed by atoms with van der Waals surface area (Å²) in [5, 5.41) is 8.04. The van der Waals surface area contributed by atoms with Gasteiger partial charge < -0.3 is 5.32 Å². The first kappa shape index (κ1) is 15.6. The highest BCUT2D eigenvalue weighted by Gasteiger charge is 2.12. The van der Waals surface area contributed by atoms with Gasteiger partial charge in [-0.15, -0.1) is 0 Å². The Morgan fingerprint density at radius 3 is 2.55 bits per heavy atom. The minimum Gasteiger partial charge on any atom is -0.379 e. The van der Waals surface area contributed by atoms with Crippen LogP contribution in [0.3, 0.4) is 0 Å². The number of anilines is 1. The Morgan fingerprint density at radius 2 is 1.95 bits per heavy atom. The third-order valence-electron chi connectivity index (χ3n) is 3.40. The number of nitrogens with one attached hydrogen (secondary N) is 1. The van der Waals surface area contributed by atoms with E-state index in [0.29, 0.717) is 0 Å². The van der Waals surface area contributed by atoms with Gasteiger partial charge in [0.05, 0.1) is 22.4 Å². The van der Waals surface area contributed by atoms with E-state index in [0.717, 1.165) is 34.0 Å². The molecule has 0 atom stereocenters. The molecule has 5 heteroatoms. The van der Waals surface area contributed by atoms with Crippen molar-refractivity contribution in [1.82, 2.24) is 9.78 Å². The van der Waals surface area contributed by atoms with Gasteiger partial charge in [0, 0.05) is 17.2 Å². The van der Waals surface area contributed by atoms with Crippen LogP contribution in [0.1, 0.15) is 30.8 Å². The van der Waals surface area contributed by atoms with E-state index in [2.05, 4.69) is 74.3 Å². The van der Waals surface area contributed by atoms with Crippen molar-refractivity contribution in [3.05, 3.63) is 44.1 Å². The van der Waals surface area contributed by atoms with Crippen molar-refractivity contribution in [2.24, 2.45) is 7.05 Å². The lowest BCUT2D eigenvalue weighted by Crippen LogP contribution is -2.07. The fourth-order valence-electron chi connectivity index (χ4n) is 2.22. The molecule has 0 aliphatic rings. The summed E-state index contributed by atoms with van der Waals surface area (Å²) in [6.45, 7) is 5.05. The lowest BCUT2D eigenvalue weighted by Gasteiger charge is -2.12. The topological polar surface area (TPSA) is 29.9 Å². The van der Waals surface area contributed by atoms with E-state index in [1.807, 2.05) is 11.7 Å². The highest BCUT2D eigenvalue weighted by molar-refractivity contribution is 9.10. The molecular formula is C15H19Br2N3. The zero-order valence-corrected chi connectivity index (χ0v) is 15.2. The molecule has 2 aromatic rings. The minimum absolute atomic E-state index is 0.763. The molecular weight excluding hydrogens is 382 g/mol. The van der Waals surface area contributed by atoms with Crippen molar-refractivity contribution < 1.29 is 0 Å². The molecule has 0 bridgehead atoms. The molecule has 2 rings (SSSR count). The Hall–Kier alpha value is -0.810. The van der Waals surface area contributed by atoms with E-state index in [4.69, 9.17) is 0 Å². The van der Waals surface area contributed by atoms with Gasteiger partial charge in [-0.3, -0.25) is 4.68 Å². The molecule has 0 aliphatic carbocycles. The molecule has 0 saturated carbocycles. The van der Waals surface area contributed by atoms with Crippen LogP contribution in [-0.2, 0) is 26.4 Å². The largest absolute Gasteiger partial charge is 0.379 e. The van der Waals surface area contributed by atoms with Crippen LogP contribution >= 0.6 is 31.9 Å². The molecule has 1 N–H and O–H groups in total. The number of rotatable bonds is 5. The summed E-state index contributed by atoms with van der Waals surface area (Å²) in [4.78, 5) is 0. The predicted molar refractivity (Wildman–Crippen MR) is 91.1 cm³/mol. The molecule has 0 spiro atoms. The van der Waals surface area contributed by atoms with Crippen molar-refractivity contribution in [3.8, 4) is 0 Å². The molecule has 1 aromatic heterocycles. The van der Waals surface area contributed by atoms with Crippen LogP contribution in [-0.4, -0.2) is 9.78 Å². The van der Waals surface area contributed by atoms with Crippen LogP contribution in [0.15, 0.2) is 27.1 Å². The molecule has 1 heterocycles. The lowest BCUT2D eigenvalue weighted by molar-refractivity contribution is 0.706. The van der Waals surface area contributed by atoms with Gasteiger partial charge in [0.1, 0.15) is 0 Å². The van der Waals surface area contributed by atoms with Crippen molar-refractivity contribution in [1.29, 1.82) is 0 Å². The number of aryl methyl sites for hydroxylation is 3. The Bertz CT molecular complexity index is 605. The number of hydrogen-bond donors (Lipinski definition) is 1.